The number of fused-ring (bicyclic) bond motifs is 11. The minimum atomic E-state index is 0.855. The van der Waals surface area contributed by atoms with Gasteiger partial charge in [0.2, 0.25) is 0 Å². The third kappa shape index (κ3) is 3.76. The van der Waals surface area contributed by atoms with Crippen molar-refractivity contribution in [2.24, 2.45) is 0 Å². The van der Waals surface area contributed by atoms with Crippen LogP contribution in [0.25, 0.3) is 82.1 Å². The molecule has 0 radical (unpaired) electrons. The predicted octanol–water partition coefficient (Wildman–Crippen LogP) is 13.2. The lowest BCUT2D eigenvalue weighted by Gasteiger charge is -2.29. The van der Waals surface area contributed by atoms with E-state index >= 15 is 0 Å². The van der Waals surface area contributed by atoms with Crippen molar-refractivity contribution >= 4 is 93.5 Å². The molecular weight excluding hydrogens is 613 g/mol. The first-order valence-corrected chi connectivity index (χ1v) is 16.9. The van der Waals surface area contributed by atoms with Crippen LogP contribution in [-0.2, 0) is 0 Å². The van der Waals surface area contributed by atoms with Crippen LogP contribution in [0.4, 0.5) is 17.1 Å². The normalized spacial score (nSPS) is 12.0. The Kier molecular flexibility index (Phi) is 5.63. The minimum Gasteiger partial charge on any atom is -0.456 e. The molecule has 50 heavy (non-hydrogen) atoms. The second-order valence-corrected chi connectivity index (χ2v) is 12.9. The fourth-order valence-corrected chi connectivity index (χ4v) is 8.12. The van der Waals surface area contributed by atoms with Crippen molar-refractivity contribution in [2.45, 2.75) is 0 Å². The van der Waals surface area contributed by atoms with Crippen molar-refractivity contribution in [3.05, 3.63) is 170 Å². The number of benzene rings is 8. The number of furan rings is 2. The molecule has 0 unspecified atom stereocenters. The van der Waals surface area contributed by atoms with Crippen molar-refractivity contribution in [3.8, 4) is 5.69 Å². The van der Waals surface area contributed by atoms with Gasteiger partial charge >= 0.3 is 0 Å². The van der Waals surface area contributed by atoms with Crippen LogP contribution in [0.1, 0.15) is 0 Å². The summed E-state index contributed by atoms with van der Waals surface area (Å²) in [7, 11) is 0. The van der Waals surface area contributed by atoms with Gasteiger partial charge in [0.1, 0.15) is 22.3 Å². The van der Waals surface area contributed by atoms with E-state index in [1.807, 2.05) is 18.2 Å². The molecule has 0 aliphatic carbocycles. The van der Waals surface area contributed by atoms with E-state index < -0.39 is 0 Å². The number of anilines is 3. The third-order valence-electron chi connectivity index (χ3n) is 10.2. The lowest BCUT2D eigenvalue weighted by atomic mass is 10.00. The molecule has 234 valence electrons. The predicted molar refractivity (Wildman–Crippen MR) is 208 cm³/mol. The summed E-state index contributed by atoms with van der Waals surface area (Å²) in [5.74, 6) is 0. The smallest absolute Gasteiger partial charge is 0.137 e. The van der Waals surface area contributed by atoms with E-state index in [0.29, 0.717) is 0 Å². The zero-order chi connectivity index (χ0) is 32.8. The van der Waals surface area contributed by atoms with Crippen LogP contribution in [-0.4, -0.2) is 4.57 Å². The van der Waals surface area contributed by atoms with E-state index in [-0.39, 0.29) is 0 Å². The molecule has 0 aliphatic rings. The van der Waals surface area contributed by atoms with Gasteiger partial charge in [0.05, 0.1) is 33.5 Å². The van der Waals surface area contributed by atoms with E-state index in [1.165, 1.54) is 10.8 Å². The highest BCUT2D eigenvalue weighted by Gasteiger charge is 2.26. The third-order valence-corrected chi connectivity index (χ3v) is 10.2. The van der Waals surface area contributed by atoms with E-state index in [1.54, 1.807) is 0 Å². The number of nitrogens with zero attached hydrogens (tertiary/aromatic N) is 2. The maximum atomic E-state index is 6.48. The Labute approximate surface area is 286 Å². The number of para-hydroxylation sites is 5. The van der Waals surface area contributed by atoms with E-state index in [9.17, 15) is 0 Å². The van der Waals surface area contributed by atoms with Gasteiger partial charge in [0, 0.05) is 38.0 Å². The standard InChI is InChI=1S/C46H28N2O2/c1-2-13-29(14-3-1)47-36-20-7-4-15-30(36)33-19-11-23-39(46(33)47)48(38-22-12-26-42-45(38)35-17-6-9-25-41(35)49-42)37-21-10-18-32-31(37)27-28-43-44(32)34-16-5-8-24-40(34)50-43/h1-28H. The topological polar surface area (TPSA) is 34.5 Å². The number of hydrogen-bond donors (Lipinski definition) is 0. The highest BCUT2D eigenvalue weighted by atomic mass is 16.3. The number of rotatable bonds is 4. The second kappa shape index (κ2) is 10.4. The first kappa shape index (κ1) is 27.2. The summed E-state index contributed by atoms with van der Waals surface area (Å²) >= 11 is 0. The Morgan fingerprint density at radius 3 is 1.70 bits per heavy atom. The molecule has 0 N–H and O–H groups in total. The van der Waals surface area contributed by atoms with Crippen LogP contribution in [0.15, 0.2) is 179 Å². The van der Waals surface area contributed by atoms with Gasteiger partial charge in [-0.05, 0) is 72.1 Å². The SMILES string of the molecule is c1ccc(-n2c3ccccc3c3cccc(N(c4cccc5c4ccc4oc6ccccc6c45)c4cccc5oc6ccccc6c45)c32)cc1. The van der Waals surface area contributed by atoms with Gasteiger partial charge in [0.25, 0.3) is 0 Å². The first-order valence-electron chi connectivity index (χ1n) is 16.9. The zero-order valence-corrected chi connectivity index (χ0v) is 26.9. The maximum absolute atomic E-state index is 6.48. The summed E-state index contributed by atoms with van der Waals surface area (Å²) in [6.07, 6.45) is 0. The monoisotopic (exact) mass is 640 g/mol. The summed E-state index contributed by atoms with van der Waals surface area (Å²) in [6.45, 7) is 0. The average molecular weight is 641 g/mol. The second-order valence-electron chi connectivity index (χ2n) is 12.9. The van der Waals surface area contributed by atoms with Crippen LogP contribution in [0.5, 0.6) is 0 Å². The van der Waals surface area contributed by atoms with Gasteiger partial charge in [-0.3, -0.25) is 0 Å². The van der Waals surface area contributed by atoms with E-state index in [4.69, 9.17) is 8.83 Å². The van der Waals surface area contributed by atoms with Crippen molar-refractivity contribution in [2.75, 3.05) is 4.90 Å². The van der Waals surface area contributed by atoms with Crippen LogP contribution in [0.3, 0.4) is 0 Å². The van der Waals surface area contributed by atoms with Gasteiger partial charge in [0.15, 0.2) is 0 Å². The molecule has 0 bridgehead atoms. The largest absolute Gasteiger partial charge is 0.456 e. The van der Waals surface area contributed by atoms with E-state index in [0.717, 1.165) is 88.4 Å². The van der Waals surface area contributed by atoms with Crippen LogP contribution in [0, 0.1) is 0 Å². The molecule has 0 saturated heterocycles. The molecule has 0 aliphatic heterocycles. The van der Waals surface area contributed by atoms with Crippen molar-refractivity contribution in [1.29, 1.82) is 0 Å². The summed E-state index contributed by atoms with van der Waals surface area (Å²) in [6, 6.07) is 60.1. The zero-order valence-electron chi connectivity index (χ0n) is 26.9. The van der Waals surface area contributed by atoms with Gasteiger partial charge < -0.3 is 18.3 Å². The van der Waals surface area contributed by atoms with Gasteiger partial charge in [-0.25, -0.2) is 0 Å². The molecule has 8 aromatic carbocycles. The number of hydrogen-bond acceptors (Lipinski definition) is 3. The Hall–Kier alpha value is -6.78. The Balaban J connectivity index is 1.32. The summed E-state index contributed by atoms with van der Waals surface area (Å²) < 4.78 is 15.2. The molecule has 0 amide bonds. The molecule has 0 spiro atoms. The molecule has 4 heteroatoms. The summed E-state index contributed by atoms with van der Waals surface area (Å²) in [4.78, 5) is 2.45. The minimum absolute atomic E-state index is 0.855. The lowest BCUT2D eigenvalue weighted by molar-refractivity contribution is 0.668. The summed E-state index contributed by atoms with van der Waals surface area (Å²) in [5, 5.41) is 9.10. The quantitative estimate of drug-likeness (QED) is 0.192. The van der Waals surface area contributed by atoms with Crippen LogP contribution < -0.4 is 4.90 Å². The van der Waals surface area contributed by atoms with Gasteiger partial charge in [-0.2, -0.15) is 0 Å². The van der Waals surface area contributed by atoms with Gasteiger partial charge in [-0.15, -0.1) is 0 Å². The Morgan fingerprint density at radius 2 is 0.900 bits per heavy atom. The van der Waals surface area contributed by atoms with Crippen LogP contribution in [0.2, 0.25) is 0 Å². The van der Waals surface area contributed by atoms with Crippen molar-refractivity contribution in [1.82, 2.24) is 4.57 Å². The molecule has 3 aromatic heterocycles. The fraction of sp³-hybridized carbons (Fsp3) is 0. The first-order chi connectivity index (χ1) is 24.8. The van der Waals surface area contributed by atoms with Gasteiger partial charge in [-0.1, -0.05) is 103 Å². The fourth-order valence-electron chi connectivity index (χ4n) is 8.12. The number of aromatic nitrogens is 1. The molecule has 0 fully saturated rings. The maximum Gasteiger partial charge on any atom is 0.137 e. The molecular formula is C46H28N2O2. The van der Waals surface area contributed by atoms with Crippen LogP contribution >= 0.6 is 0 Å². The average Bonchev–Trinajstić information content (AvgIpc) is 3.86. The van der Waals surface area contributed by atoms with Crippen molar-refractivity contribution in [3.63, 3.8) is 0 Å². The van der Waals surface area contributed by atoms with Crippen molar-refractivity contribution < 1.29 is 8.83 Å². The molecule has 0 saturated carbocycles. The lowest BCUT2D eigenvalue weighted by Crippen LogP contribution is -2.12. The highest BCUT2D eigenvalue weighted by molar-refractivity contribution is 6.23. The van der Waals surface area contributed by atoms with E-state index in [2.05, 4.69) is 161 Å². The highest BCUT2D eigenvalue weighted by Crippen LogP contribution is 2.49. The molecule has 3 heterocycles. The Bertz CT molecular complexity index is 3110. The molecule has 4 nitrogen and oxygen atoms in total. The Morgan fingerprint density at radius 1 is 0.340 bits per heavy atom. The molecule has 11 aromatic rings. The molecule has 11 rings (SSSR count). The summed E-state index contributed by atoms with van der Waals surface area (Å²) in [5.41, 5.74) is 10.1. The molecule has 0 atom stereocenters.